The summed E-state index contributed by atoms with van der Waals surface area (Å²) in [4.78, 5) is 8.59. The maximum Gasteiger partial charge on any atom is 0.127 e. The summed E-state index contributed by atoms with van der Waals surface area (Å²) in [5.41, 5.74) is 9.12. The number of hydrogen-bond donors (Lipinski definition) is 1. The van der Waals surface area contributed by atoms with Crippen LogP contribution in [0.5, 0.6) is 0 Å². The van der Waals surface area contributed by atoms with Crippen LogP contribution in [-0.4, -0.2) is 17.4 Å². The molecule has 26 heavy (non-hydrogen) atoms. The Morgan fingerprint density at radius 1 is 0.962 bits per heavy atom. The second-order valence-electron chi connectivity index (χ2n) is 5.66. The highest BCUT2D eigenvalue weighted by Gasteiger charge is 2.12. The summed E-state index contributed by atoms with van der Waals surface area (Å²) in [7, 11) is 0. The first-order valence-electron chi connectivity index (χ1n) is 8.24. The van der Waals surface area contributed by atoms with E-state index in [4.69, 9.17) is 10.5 Å². The molecule has 0 aliphatic rings. The quantitative estimate of drug-likeness (QED) is 0.503. The minimum atomic E-state index is -0.156. The lowest BCUT2D eigenvalue weighted by Gasteiger charge is -2.17. The number of hydrogen-bond acceptors (Lipinski definition) is 3. The number of nitrogens with zero attached hydrogens (tertiary/aromatic N) is 2. The number of pyridine rings is 1. The fraction of sp³-hybridized carbons (Fsp3) is 0.143. The van der Waals surface area contributed by atoms with Crippen LogP contribution in [-0.2, 0) is 11.3 Å². The van der Waals surface area contributed by atoms with Crippen LogP contribution in [0.3, 0.4) is 0 Å². The summed E-state index contributed by atoms with van der Waals surface area (Å²) in [5.74, 6) is 0.470. The molecule has 0 bridgehead atoms. The SMILES string of the molecule is Cl.NC(=NCC(OCc1ccccc1)c1ccccc1)c1cccnc1. The fourth-order valence-corrected chi connectivity index (χ4v) is 2.48. The van der Waals surface area contributed by atoms with Crippen LogP contribution < -0.4 is 5.73 Å². The summed E-state index contributed by atoms with van der Waals surface area (Å²) in [6.07, 6.45) is 3.27. The third kappa shape index (κ3) is 5.69. The van der Waals surface area contributed by atoms with E-state index in [-0.39, 0.29) is 18.5 Å². The minimum Gasteiger partial charge on any atom is -0.383 e. The lowest BCUT2D eigenvalue weighted by molar-refractivity contribution is 0.0460. The molecule has 2 aromatic carbocycles. The van der Waals surface area contributed by atoms with Gasteiger partial charge < -0.3 is 10.5 Å². The summed E-state index contributed by atoms with van der Waals surface area (Å²) in [6.45, 7) is 0.986. The Hall–Kier alpha value is -2.69. The van der Waals surface area contributed by atoms with E-state index in [0.29, 0.717) is 19.0 Å². The van der Waals surface area contributed by atoms with Crippen molar-refractivity contribution in [2.24, 2.45) is 10.7 Å². The lowest BCUT2D eigenvalue weighted by atomic mass is 10.1. The van der Waals surface area contributed by atoms with Crippen LogP contribution in [0.15, 0.2) is 90.2 Å². The molecule has 1 atom stereocenters. The Balaban J connectivity index is 0.00000243. The Morgan fingerprint density at radius 3 is 2.31 bits per heavy atom. The molecule has 1 aromatic heterocycles. The number of nitrogens with two attached hydrogens (primary N) is 1. The lowest BCUT2D eigenvalue weighted by Crippen LogP contribution is -2.17. The van der Waals surface area contributed by atoms with Crippen molar-refractivity contribution in [3.63, 3.8) is 0 Å². The van der Waals surface area contributed by atoms with Gasteiger partial charge in [-0.3, -0.25) is 9.98 Å². The van der Waals surface area contributed by atoms with Gasteiger partial charge in [-0.1, -0.05) is 60.7 Å². The van der Waals surface area contributed by atoms with Crippen molar-refractivity contribution in [2.75, 3.05) is 6.54 Å². The molecule has 3 rings (SSSR count). The van der Waals surface area contributed by atoms with Crippen LogP contribution in [0, 0.1) is 0 Å². The molecule has 1 heterocycles. The number of amidine groups is 1. The minimum absolute atomic E-state index is 0. The molecular formula is C21H22ClN3O. The maximum absolute atomic E-state index is 6.12. The predicted molar refractivity (Wildman–Crippen MR) is 107 cm³/mol. The van der Waals surface area contributed by atoms with E-state index < -0.39 is 0 Å². The van der Waals surface area contributed by atoms with Crippen molar-refractivity contribution in [1.29, 1.82) is 0 Å². The van der Waals surface area contributed by atoms with Gasteiger partial charge in [0.2, 0.25) is 0 Å². The second kappa shape index (κ2) is 10.3. The Morgan fingerprint density at radius 2 is 1.65 bits per heavy atom. The Bertz CT molecular complexity index is 795. The third-order valence-corrected chi connectivity index (χ3v) is 3.85. The van der Waals surface area contributed by atoms with Crippen LogP contribution in [0.25, 0.3) is 0 Å². The van der Waals surface area contributed by atoms with Gasteiger partial charge in [0, 0.05) is 18.0 Å². The van der Waals surface area contributed by atoms with Crippen molar-refractivity contribution < 1.29 is 4.74 Å². The third-order valence-electron chi connectivity index (χ3n) is 3.85. The molecule has 0 saturated heterocycles. The van der Waals surface area contributed by atoms with Crippen LogP contribution >= 0.6 is 12.4 Å². The average molecular weight is 368 g/mol. The summed E-state index contributed by atoms with van der Waals surface area (Å²) >= 11 is 0. The van der Waals surface area contributed by atoms with E-state index in [1.807, 2.05) is 60.7 Å². The first kappa shape index (κ1) is 19.6. The van der Waals surface area contributed by atoms with Crippen LogP contribution in [0.1, 0.15) is 22.8 Å². The van der Waals surface area contributed by atoms with Gasteiger partial charge in [-0.15, -0.1) is 12.4 Å². The number of benzene rings is 2. The van der Waals surface area contributed by atoms with Crippen molar-refractivity contribution in [3.8, 4) is 0 Å². The molecule has 0 fully saturated rings. The molecule has 1 unspecified atom stereocenters. The number of aromatic nitrogens is 1. The van der Waals surface area contributed by atoms with E-state index in [1.54, 1.807) is 12.4 Å². The predicted octanol–water partition coefficient (Wildman–Crippen LogP) is 4.17. The molecule has 0 aliphatic carbocycles. The number of ether oxygens (including phenoxy) is 1. The second-order valence-corrected chi connectivity index (χ2v) is 5.66. The average Bonchev–Trinajstić information content (AvgIpc) is 2.70. The van der Waals surface area contributed by atoms with Gasteiger partial charge in [0.05, 0.1) is 13.2 Å². The van der Waals surface area contributed by atoms with Gasteiger partial charge in [-0.2, -0.15) is 0 Å². The topological polar surface area (TPSA) is 60.5 Å². The first-order valence-corrected chi connectivity index (χ1v) is 8.24. The molecule has 3 aromatic rings. The van der Waals surface area contributed by atoms with Gasteiger partial charge in [-0.05, 0) is 23.3 Å². The highest BCUT2D eigenvalue weighted by atomic mass is 35.5. The summed E-state index contributed by atoms with van der Waals surface area (Å²) in [6, 6.07) is 23.9. The summed E-state index contributed by atoms with van der Waals surface area (Å²) < 4.78 is 6.12. The van der Waals surface area contributed by atoms with E-state index in [9.17, 15) is 0 Å². The smallest absolute Gasteiger partial charge is 0.127 e. The zero-order chi connectivity index (χ0) is 17.3. The largest absolute Gasteiger partial charge is 0.383 e. The monoisotopic (exact) mass is 367 g/mol. The first-order chi connectivity index (χ1) is 12.3. The van der Waals surface area contributed by atoms with E-state index in [0.717, 1.165) is 16.7 Å². The van der Waals surface area contributed by atoms with Gasteiger partial charge >= 0.3 is 0 Å². The van der Waals surface area contributed by atoms with Gasteiger partial charge in [0.1, 0.15) is 11.9 Å². The molecular weight excluding hydrogens is 346 g/mol. The van der Waals surface area contributed by atoms with E-state index in [1.165, 1.54) is 0 Å². The molecule has 5 heteroatoms. The molecule has 134 valence electrons. The molecule has 4 nitrogen and oxygen atoms in total. The molecule has 0 saturated carbocycles. The van der Waals surface area contributed by atoms with E-state index in [2.05, 4.69) is 22.1 Å². The van der Waals surface area contributed by atoms with E-state index >= 15 is 0 Å². The Kier molecular flexibility index (Phi) is 7.80. The highest BCUT2D eigenvalue weighted by Crippen LogP contribution is 2.20. The molecule has 2 N–H and O–H groups in total. The van der Waals surface area contributed by atoms with Gasteiger partial charge in [0.15, 0.2) is 0 Å². The maximum atomic E-state index is 6.12. The standard InChI is InChI=1S/C21H21N3O.ClH/c22-21(19-12-7-13-23-14-19)24-15-20(18-10-5-2-6-11-18)25-16-17-8-3-1-4-9-17;/h1-14,20H,15-16H2,(H2,22,24);1H. The number of halogens is 1. The van der Waals surface area contributed by atoms with Crippen molar-refractivity contribution >= 4 is 18.2 Å². The zero-order valence-electron chi connectivity index (χ0n) is 14.4. The molecule has 0 radical (unpaired) electrons. The van der Waals surface area contributed by atoms with Crippen molar-refractivity contribution in [3.05, 3.63) is 102 Å². The molecule has 0 aliphatic heterocycles. The van der Waals surface area contributed by atoms with Gasteiger partial charge in [-0.25, -0.2) is 0 Å². The zero-order valence-corrected chi connectivity index (χ0v) is 15.2. The normalized spacial score (nSPS) is 12.2. The van der Waals surface area contributed by atoms with Crippen LogP contribution in [0.2, 0.25) is 0 Å². The Labute approximate surface area is 160 Å². The summed E-state index contributed by atoms with van der Waals surface area (Å²) in [5, 5.41) is 0. The van der Waals surface area contributed by atoms with Crippen molar-refractivity contribution in [2.45, 2.75) is 12.7 Å². The van der Waals surface area contributed by atoms with Crippen molar-refractivity contribution in [1.82, 2.24) is 4.98 Å². The van der Waals surface area contributed by atoms with Crippen LogP contribution in [0.4, 0.5) is 0 Å². The number of rotatable bonds is 7. The van der Waals surface area contributed by atoms with Gasteiger partial charge in [0.25, 0.3) is 0 Å². The molecule has 0 spiro atoms. The molecule has 0 amide bonds. The fourth-order valence-electron chi connectivity index (χ4n) is 2.48. The highest BCUT2D eigenvalue weighted by molar-refractivity contribution is 5.97. The number of aliphatic imine (C=N–C) groups is 1.